The van der Waals surface area contributed by atoms with Crippen LogP contribution >= 0.6 is 0 Å². The smallest absolute Gasteiger partial charge is 0.405 e. The van der Waals surface area contributed by atoms with Crippen LogP contribution in [-0.2, 0) is 85.7 Å². The first-order valence-corrected chi connectivity index (χ1v) is 13.9. The van der Waals surface area contributed by atoms with Gasteiger partial charge in [-0.2, -0.15) is 0 Å². The molecule has 0 spiro atoms. The molecule has 2 rings (SSSR count). The third kappa shape index (κ3) is 12.0. The van der Waals surface area contributed by atoms with Crippen LogP contribution < -0.4 is 5.73 Å². The Morgan fingerprint density at radius 3 is 1.17 bits per heavy atom. The van der Waals surface area contributed by atoms with E-state index < -0.39 is 123 Å². The van der Waals surface area contributed by atoms with Gasteiger partial charge in [0.15, 0.2) is 42.9 Å². The Hall–Kier alpha value is -4.56. The highest BCUT2D eigenvalue weighted by Crippen LogP contribution is 2.35. The Morgan fingerprint density at radius 2 is 0.809 bits per heavy atom. The molecule has 0 unspecified atom stereocenters. The van der Waals surface area contributed by atoms with Crippen molar-refractivity contribution >= 4 is 47.9 Å². The number of primary amides is 1. The van der Waals surface area contributed by atoms with Gasteiger partial charge in [0.25, 0.3) is 0 Å². The van der Waals surface area contributed by atoms with E-state index in [1.807, 2.05) is 0 Å². The first-order valence-electron chi connectivity index (χ1n) is 13.9. The van der Waals surface area contributed by atoms with Gasteiger partial charge < -0.3 is 57.8 Å². The topological polar surface area (TPSA) is 264 Å². The zero-order chi connectivity index (χ0) is 35.6. The number of carbonyl (C=O) groups excluding carboxylic acids is 8. The lowest BCUT2D eigenvalue weighted by atomic mass is 9.96. The molecule has 2 aliphatic heterocycles. The van der Waals surface area contributed by atoms with Crippen LogP contribution in [0.3, 0.4) is 0 Å². The van der Waals surface area contributed by atoms with Crippen LogP contribution in [0.5, 0.6) is 0 Å². The van der Waals surface area contributed by atoms with Crippen LogP contribution in [0.1, 0.15) is 48.5 Å². The van der Waals surface area contributed by atoms with Gasteiger partial charge in [-0.3, -0.25) is 33.6 Å². The Balaban J connectivity index is 2.72. The second-order valence-corrected chi connectivity index (χ2v) is 10.1. The number of hydrogen-bond acceptors (Lipinski definition) is 19. The van der Waals surface area contributed by atoms with E-state index in [2.05, 4.69) is 0 Å². The lowest BCUT2D eigenvalue weighted by Gasteiger charge is -2.48. The summed E-state index contributed by atoms with van der Waals surface area (Å²) in [7, 11) is 0. The largest absolute Gasteiger partial charge is 0.463 e. The Morgan fingerprint density at radius 1 is 0.447 bits per heavy atom. The average molecular weight is 680 g/mol. The predicted octanol–water partition coefficient (Wildman–Crippen LogP) is -1.30. The zero-order valence-electron chi connectivity index (χ0n) is 26.5. The minimum atomic E-state index is -1.94. The zero-order valence-corrected chi connectivity index (χ0v) is 26.5. The molecule has 10 atom stereocenters. The number of hydrogen-bond donors (Lipinski definition) is 1. The SMILES string of the molecule is CC(=O)OC[C@@H]1O[C@H](OC(C)=O)[C@@H](O[C@H]2O[C@H](COC(C)=O)[C@@H](OC(C)=O)[C@H](OC(C)=O)[C@@H]2OC(N)=O)[C@@H](OC(C)=O)[C@@H]1OC(C)=O. The standard InChI is InChI=1S/C27H37NO19/c1-10(29)37-8-17-19(39-12(3)31)21(41-14(5)33)23(25(44-17)43-16(7)35)46-26-24(47-27(28)36)22(42-15(6)34)20(40-13(4)32)18(45-26)9-38-11(2)30/h17-26H,8-9H2,1-7H3,(H2,28,36)/t17-,18+,19+,20+,21-,22-,23-,24-,25-,26+/m0/s1. The van der Waals surface area contributed by atoms with Crippen molar-refractivity contribution in [2.24, 2.45) is 5.73 Å². The fourth-order valence-corrected chi connectivity index (χ4v) is 4.67. The van der Waals surface area contributed by atoms with E-state index in [9.17, 15) is 38.4 Å². The molecule has 2 heterocycles. The summed E-state index contributed by atoms with van der Waals surface area (Å²) in [5.41, 5.74) is 5.28. The van der Waals surface area contributed by atoms with Gasteiger partial charge in [0.2, 0.25) is 6.29 Å². The number of carbonyl (C=O) groups is 8. The van der Waals surface area contributed by atoms with Gasteiger partial charge in [0.1, 0.15) is 25.4 Å². The second-order valence-electron chi connectivity index (χ2n) is 10.1. The third-order valence-corrected chi connectivity index (χ3v) is 6.12. The highest BCUT2D eigenvalue weighted by molar-refractivity contribution is 5.69. The molecule has 20 nitrogen and oxygen atoms in total. The van der Waals surface area contributed by atoms with Crippen molar-refractivity contribution in [2.45, 2.75) is 110 Å². The lowest BCUT2D eigenvalue weighted by molar-refractivity contribution is -0.362. The Bertz CT molecular complexity index is 1200. The molecule has 264 valence electrons. The summed E-state index contributed by atoms with van der Waals surface area (Å²) in [4.78, 5) is 96.0. The Labute approximate surface area is 267 Å². The maximum atomic E-state index is 12.3. The van der Waals surface area contributed by atoms with Gasteiger partial charge in [-0.25, -0.2) is 4.79 Å². The highest BCUT2D eigenvalue weighted by atomic mass is 16.8. The molecule has 0 aromatic carbocycles. The van der Waals surface area contributed by atoms with Crippen molar-refractivity contribution in [3.8, 4) is 0 Å². The molecule has 0 aliphatic carbocycles. The summed E-state index contributed by atoms with van der Waals surface area (Å²) in [5, 5.41) is 0. The summed E-state index contributed by atoms with van der Waals surface area (Å²) in [6.45, 7) is 5.92. The van der Waals surface area contributed by atoms with Crippen molar-refractivity contribution in [2.75, 3.05) is 13.2 Å². The molecule has 0 radical (unpaired) electrons. The van der Waals surface area contributed by atoms with Crippen LogP contribution in [0.2, 0.25) is 0 Å². The summed E-state index contributed by atoms with van der Waals surface area (Å²) in [6.07, 6.45) is -18.4. The van der Waals surface area contributed by atoms with Crippen molar-refractivity contribution in [1.29, 1.82) is 0 Å². The molecule has 1 amide bonds. The van der Waals surface area contributed by atoms with Gasteiger partial charge in [-0.1, -0.05) is 0 Å². The first-order chi connectivity index (χ1) is 21.9. The normalized spacial score (nSPS) is 30.0. The van der Waals surface area contributed by atoms with E-state index in [1.165, 1.54) is 0 Å². The van der Waals surface area contributed by atoms with Gasteiger partial charge >= 0.3 is 47.9 Å². The monoisotopic (exact) mass is 679 g/mol. The molecule has 0 saturated carbocycles. The van der Waals surface area contributed by atoms with E-state index in [1.54, 1.807) is 0 Å². The predicted molar refractivity (Wildman–Crippen MR) is 144 cm³/mol. The molecule has 0 bridgehead atoms. The molecule has 20 heteroatoms. The fraction of sp³-hybridized carbons (Fsp3) is 0.704. The second kappa shape index (κ2) is 17.4. The van der Waals surface area contributed by atoms with E-state index in [4.69, 9.17) is 57.8 Å². The van der Waals surface area contributed by atoms with Gasteiger partial charge in [-0.15, -0.1) is 0 Å². The average Bonchev–Trinajstić information content (AvgIpc) is 2.91. The van der Waals surface area contributed by atoms with Crippen molar-refractivity contribution < 1.29 is 90.5 Å². The number of ether oxygens (including phenoxy) is 11. The van der Waals surface area contributed by atoms with E-state index in [0.29, 0.717) is 0 Å². The minimum Gasteiger partial charge on any atom is -0.463 e. The summed E-state index contributed by atoms with van der Waals surface area (Å²) in [6, 6.07) is 0. The van der Waals surface area contributed by atoms with E-state index >= 15 is 0 Å². The first kappa shape index (κ1) is 38.6. The molecular formula is C27H37NO19. The van der Waals surface area contributed by atoms with E-state index in [0.717, 1.165) is 48.5 Å². The van der Waals surface area contributed by atoms with E-state index in [-0.39, 0.29) is 0 Å². The van der Waals surface area contributed by atoms with Crippen LogP contribution in [0.4, 0.5) is 4.79 Å². The quantitative estimate of drug-likeness (QED) is 0.185. The lowest BCUT2D eigenvalue weighted by Crippen LogP contribution is -2.67. The summed E-state index contributed by atoms with van der Waals surface area (Å²) >= 11 is 0. The Kier molecular flexibility index (Phi) is 14.3. The number of amides is 1. The molecule has 2 aliphatic rings. The number of rotatable bonds is 12. The van der Waals surface area contributed by atoms with Crippen LogP contribution in [0.25, 0.3) is 0 Å². The van der Waals surface area contributed by atoms with Crippen molar-refractivity contribution in [3.05, 3.63) is 0 Å². The fourth-order valence-electron chi connectivity index (χ4n) is 4.67. The van der Waals surface area contributed by atoms with Crippen LogP contribution in [-0.4, -0.2) is 123 Å². The number of nitrogens with two attached hydrogens (primary N) is 1. The highest BCUT2D eigenvalue weighted by Gasteiger charge is 2.58. The minimum absolute atomic E-state index is 0.577. The van der Waals surface area contributed by atoms with Crippen LogP contribution in [0, 0.1) is 0 Å². The summed E-state index contributed by atoms with van der Waals surface area (Å²) < 4.78 is 59.6. The molecule has 2 saturated heterocycles. The van der Waals surface area contributed by atoms with Gasteiger partial charge in [0, 0.05) is 48.5 Å². The van der Waals surface area contributed by atoms with Gasteiger partial charge in [-0.05, 0) is 0 Å². The maximum Gasteiger partial charge on any atom is 0.405 e. The molecule has 47 heavy (non-hydrogen) atoms. The molecule has 2 fully saturated rings. The summed E-state index contributed by atoms with van der Waals surface area (Å²) in [5.74, 6) is -6.23. The van der Waals surface area contributed by atoms with Crippen molar-refractivity contribution in [3.63, 3.8) is 0 Å². The molecule has 2 N–H and O–H groups in total. The molecule has 0 aromatic rings. The van der Waals surface area contributed by atoms with Gasteiger partial charge in [0.05, 0.1) is 0 Å². The molecular weight excluding hydrogens is 642 g/mol. The third-order valence-electron chi connectivity index (χ3n) is 6.12. The maximum absolute atomic E-state index is 12.3. The molecule has 0 aromatic heterocycles. The van der Waals surface area contributed by atoms with Crippen molar-refractivity contribution in [1.82, 2.24) is 0 Å². The van der Waals surface area contributed by atoms with Crippen LogP contribution in [0.15, 0.2) is 0 Å². The number of esters is 7.